The van der Waals surface area contributed by atoms with Crippen LogP contribution in [0.3, 0.4) is 0 Å². The van der Waals surface area contributed by atoms with Gasteiger partial charge in [0.25, 0.3) is 0 Å². The van der Waals surface area contributed by atoms with E-state index >= 15 is 0 Å². The van der Waals surface area contributed by atoms with Gasteiger partial charge in [-0.1, -0.05) is 13.3 Å². The van der Waals surface area contributed by atoms with Crippen molar-refractivity contribution in [2.24, 2.45) is 5.73 Å². The van der Waals surface area contributed by atoms with Gasteiger partial charge in [-0.3, -0.25) is 0 Å². The Balaban J connectivity index is 3.57. The van der Waals surface area contributed by atoms with Gasteiger partial charge in [0.15, 0.2) is 0 Å². The van der Waals surface area contributed by atoms with Gasteiger partial charge in [-0.2, -0.15) is 11.8 Å². The first-order valence-corrected chi connectivity index (χ1v) is 7.45. The van der Waals surface area contributed by atoms with Gasteiger partial charge in [0, 0.05) is 12.1 Å². The highest BCUT2D eigenvalue weighted by atomic mass is 32.2. The second-order valence-electron chi connectivity index (χ2n) is 4.45. The Bertz CT molecular complexity index is 142. The first kappa shape index (κ1) is 15.3. The average molecular weight is 232 g/mol. The number of hydrogen-bond donors (Lipinski definition) is 1. The minimum Gasteiger partial charge on any atom is -0.328 e. The number of rotatable bonds is 9. The van der Waals surface area contributed by atoms with Gasteiger partial charge >= 0.3 is 0 Å². The maximum absolute atomic E-state index is 6.00. The van der Waals surface area contributed by atoms with Crippen molar-refractivity contribution in [3.63, 3.8) is 0 Å². The molecule has 15 heavy (non-hydrogen) atoms. The third kappa shape index (κ3) is 8.12. The fourth-order valence-electron chi connectivity index (χ4n) is 1.61. The van der Waals surface area contributed by atoms with Crippen LogP contribution >= 0.6 is 11.8 Å². The minimum atomic E-state index is 0.394. The summed E-state index contributed by atoms with van der Waals surface area (Å²) in [6, 6.07) is 1.08. The van der Waals surface area contributed by atoms with Crippen LogP contribution in [0, 0.1) is 0 Å². The first-order valence-electron chi connectivity index (χ1n) is 6.06. The highest BCUT2D eigenvalue weighted by molar-refractivity contribution is 7.98. The van der Waals surface area contributed by atoms with Crippen LogP contribution in [0.5, 0.6) is 0 Å². The van der Waals surface area contributed by atoms with Gasteiger partial charge in [0.1, 0.15) is 0 Å². The Morgan fingerprint density at radius 2 is 1.93 bits per heavy atom. The lowest BCUT2D eigenvalue weighted by Crippen LogP contribution is -2.34. The van der Waals surface area contributed by atoms with E-state index in [4.69, 9.17) is 5.73 Å². The zero-order valence-corrected chi connectivity index (χ0v) is 11.6. The molecule has 0 bridgehead atoms. The molecule has 0 radical (unpaired) electrons. The topological polar surface area (TPSA) is 29.3 Å². The van der Waals surface area contributed by atoms with Crippen molar-refractivity contribution >= 4 is 11.8 Å². The van der Waals surface area contributed by atoms with Gasteiger partial charge < -0.3 is 10.6 Å². The maximum atomic E-state index is 6.00. The van der Waals surface area contributed by atoms with Crippen molar-refractivity contribution < 1.29 is 0 Å². The highest BCUT2D eigenvalue weighted by Crippen LogP contribution is 2.07. The van der Waals surface area contributed by atoms with Gasteiger partial charge in [0.05, 0.1) is 0 Å². The van der Waals surface area contributed by atoms with Crippen molar-refractivity contribution in [1.82, 2.24) is 4.90 Å². The summed E-state index contributed by atoms with van der Waals surface area (Å²) in [5, 5.41) is 0. The molecule has 0 spiro atoms. The van der Waals surface area contributed by atoms with E-state index in [2.05, 4.69) is 32.1 Å². The van der Waals surface area contributed by atoms with Gasteiger partial charge in [0.2, 0.25) is 0 Å². The van der Waals surface area contributed by atoms with Crippen LogP contribution in [0.2, 0.25) is 0 Å². The van der Waals surface area contributed by atoms with E-state index in [0.717, 1.165) is 19.4 Å². The molecular formula is C12H28N2S. The van der Waals surface area contributed by atoms with Gasteiger partial charge in [-0.05, 0) is 51.8 Å². The van der Waals surface area contributed by atoms with E-state index in [0.29, 0.717) is 12.1 Å². The molecule has 0 aromatic heterocycles. The zero-order valence-electron chi connectivity index (χ0n) is 10.8. The number of nitrogens with zero attached hydrogens (tertiary/aromatic N) is 1. The van der Waals surface area contributed by atoms with E-state index in [1.807, 2.05) is 11.8 Å². The van der Waals surface area contributed by atoms with Crippen molar-refractivity contribution in [1.29, 1.82) is 0 Å². The number of nitrogens with two attached hydrogens (primary N) is 1. The van der Waals surface area contributed by atoms with Crippen LogP contribution in [0.4, 0.5) is 0 Å². The molecule has 2 atom stereocenters. The smallest absolute Gasteiger partial charge is 0.00717 e. The molecule has 3 heteroatoms. The second kappa shape index (κ2) is 9.49. The van der Waals surface area contributed by atoms with Crippen molar-refractivity contribution in [2.45, 2.75) is 51.6 Å². The van der Waals surface area contributed by atoms with Crippen molar-refractivity contribution in [3.8, 4) is 0 Å². The molecule has 0 heterocycles. The summed E-state index contributed by atoms with van der Waals surface area (Å²) in [5.74, 6) is 1.26. The van der Waals surface area contributed by atoms with E-state index in [-0.39, 0.29) is 0 Å². The third-order valence-corrected chi connectivity index (χ3v) is 3.65. The van der Waals surface area contributed by atoms with Crippen LogP contribution in [-0.2, 0) is 0 Å². The summed E-state index contributed by atoms with van der Waals surface area (Å²) in [6.07, 6.45) is 6.94. The predicted molar refractivity (Wildman–Crippen MR) is 72.6 cm³/mol. The molecule has 0 fully saturated rings. The van der Waals surface area contributed by atoms with Crippen LogP contribution in [0.15, 0.2) is 0 Å². The minimum absolute atomic E-state index is 0.394. The molecular weight excluding hydrogens is 204 g/mol. The Hall–Kier alpha value is 0.270. The summed E-state index contributed by atoms with van der Waals surface area (Å²) in [5.41, 5.74) is 6.00. The Labute approximate surface area is 100.0 Å². The standard InChI is InChI=1S/C12H28N2S/c1-5-6-12(13)7-9-14(3)11(2)8-10-15-4/h11-12H,5-10,13H2,1-4H3. The summed E-state index contributed by atoms with van der Waals surface area (Å²) in [7, 11) is 2.21. The lowest BCUT2D eigenvalue weighted by Gasteiger charge is -2.25. The molecule has 0 amide bonds. The summed E-state index contributed by atoms with van der Waals surface area (Å²) < 4.78 is 0. The molecule has 0 saturated heterocycles. The summed E-state index contributed by atoms with van der Waals surface area (Å²) in [4.78, 5) is 2.44. The van der Waals surface area contributed by atoms with Crippen LogP contribution < -0.4 is 5.73 Å². The number of hydrogen-bond acceptors (Lipinski definition) is 3. The second-order valence-corrected chi connectivity index (χ2v) is 5.43. The van der Waals surface area contributed by atoms with Crippen molar-refractivity contribution in [3.05, 3.63) is 0 Å². The van der Waals surface area contributed by atoms with Crippen LogP contribution in [0.25, 0.3) is 0 Å². The summed E-state index contributed by atoms with van der Waals surface area (Å²) >= 11 is 1.93. The Morgan fingerprint density at radius 1 is 1.27 bits per heavy atom. The molecule has 2 nitrogen and oxygen atoms in total. The third-order valence-electron chi connectivity index (χ3n) is 3.00. The van der Waals surface area contributed by atoms with E-state index in [9.17, 15) is 0 Å². The summed E-state index contributed by atoms with van der Waals surface area (Å²) in [6.45, 7) is 5.64. The predicted octanol–water partition coefficient (Wildman–Crippen LogP) is 2.58. The molecule has 0 aliphatic rings. The van der Waals surface area contributed by atoms with E-state index < -0.39 is 0 Å². The largest absolute Gasteiger partial charge is 0.328 e. The van der Waals surface area contributed by atoms with Gasteiger partial charge in [-0.15, -0.1) is 0 Å². The molecule has 0 rings (SSSR count). The van der Waals surface area contributed by atoms with E-state index in [1.165, 1.54) is 18.6 Å². The van der Waals surface area contributed by atoms with E-state index in [1.54, 1.807) is 0 Å². The SMILES string of the molecule is CCCC(N)CCN(C)C(C)CCSC. The molecule has 0 aromatic rings. The number of thioether (sulfide) groups is 1. The lowest BCUT2D eigenvalue weighted by molar-refractivity contribution is 0.242. The Morgan fingerprint density at radius 3 is 2.47 bits per heavy atom. The quantitative estimate of drug-likeness (QED) is 0.662. The van der Waals surface area contributed by atoms with Crippen molar-refractivity contribution in [2.75, 3.05) is 25.6 Å². The molecule has 0 aliphatic heterocycles. The highest BCUT2D eigenvalue weighted by Gasteiger charge is 2.10. The maximum Gasteiger partial charge on any atom is 0.00717 e. The average Bonchev–Trinajstić information content (AvgIpc) is 2.22. The fourth-order valence-corrected chi connectivity index (χ4v) is 2.19. The Kier molecular flexibility index (Phi) is 9.66. The van der Waals surface area contributed by atoms with Crippen LogP contribution in [-0.4, -0.2) is 42.6 Å². The zero-order chi connectivity index (χ0) is 11.7. The van der Waals surface area contributed by atoms with Gasteiger partial charge in [-0.25, -0.2) is 0 Å². The molecule has 2 unspecified atom stereocenters. The fraction of sp³-hybridized carbons (Fsp3) is 1.00. The molecule has 0 aromatic carbocycles. The molecule has 92 valence electrons. The first-order chi connectivity index (χ1) is 7.11. The monoisotopic (exact) mass is 232 g/mol. The molecule has 2 N–H and O–H groups in total. The normalized spacial score (nSPS) is 15.6. The molecule has 0 aliphatic carbocycles. The molecule has 0 saturated carbocycles. The van der Waals surface area contributed by atoms with Crippen LogP contribution in [0.1, 0.15) is 39.5 Å². The lowest BCUT2D eigenvalue weighted by atomic mass is 10.1.